The maximum Gasteiger partial charge on any atom is 0.317 e. The summed E-state index contributed by atoms with van der Waals surface area (Å²) < 4.78 is 0. The molecule has 2 heterocycles. The highest BCUT2D eigenvalue weighted by Crippen LogP contribution is 2.12. The molecule has 4 nitrogen and oxygen atoms in total. The fourth-order valence-electron chi connectivity index (χ4n) is 2.76. The lowest BCUT2D eigenvalue weighted by Gasteiger charge is -2.32. The Hall–Kier alpha value is -0.770. The van der Waals surface area contributed by atoms with Crippen LogP contribution in [0.15, 0.2) is 0 Å². The number of urea groups is 1. The van der Waals surface area contributed by atoms with Gasteiger partial charge in [0.05, 0.1) is 0 Å². The smallest absolute Gasteiger partial charge is 0.317 e. The quantitative estimate of drug-likeness (QED) is 0.731. The van der Waals surface area contributed by atoms with E-state index in [0.29, 0.717) is 12.1 Å². The lowest BCUT2D eigenvalue weighted by Crippen LogP contribution is -2.55. The number of hydrogen-bond donors (Lipinski definition) is 2. The van der Waals surface area contributed by atoms with Gasteiger partial charge in [0.15, 0.2) is 0 Å². The standard InChI is InChI=1S/C13H25N3O/c1-11-12(7-6-8-14-11)15-13(17)16-9-4-2-3-5-10-16/h11-12,14H,2-10H2,1H3,(H,15,17). The molecule has 0 radical (unpaired) electrons. The zero-order valence-corrected chi connectivity index (χ0v) is 10.9. The summed E-state index contributed by atoms with van der Waals surface area (Å²) >= 11 is 0. The summed E-state index contributed by atoms with van der Waals surface area (Å²) in [5, 5.41) is 6.61. The zero-order valence-electron chi connectivity index (χ0n) is 10.9. The second-order valence-electron chi connectivity index (χ2n) is 5.34. The molecule has 2 aliphatic heterocycles. The van der Waals surface area contributed by atoms with E-state index in [-0.39, 0.29) is 6.03 Å². The molecule has 2 fully saturated rings. The van der Waals surface area contributed by atoms with Gasteiger partial charge in [-0.2, -0.15) is 0 Å². The lowest BCUT2D eigenvalue weighted by atomic mass is 10.0. The van der Waals surface area contributed by atoms with E-state index >= 15 is 0 Å². The molecule has 0 bridgehead atoms. The summed E-state index contributed by atoms with van der Waals surface area (Å²) in [6.07, 6.45) is 7.12. The van der Waals surface area contributed by atoms with Crippen molar-refractivity contribution < 1.29 is 4.79 Å². The van der Waals surface area contributed by atoms with E-state index in [1.54, 1.807) is 0 Å². The molecule has 2 aliphatic rings. The van der Waals surface area contributed by atoms with Gasteiger partial charge in [-0.1, -0.05) is 12.8 Å². The van der Waals surface area contributed by atoms with E-state index in [0.717, 1.165) is 45.3 Å². The Bertz CT molecular complexity index is 249. The number of rotatable bonds is 1. The minimum Gasteiger partial charge on any atom is -0.334 e. The van der Waals surface area contributed by atoms with Gasteiger partial charge in [0.2, 0.25) is 0 Å². The van der Waals surface area contributed by atoms with Crippen molar-refractivity contribution in [3.63, 3.8) is 0 Å². The molecule has 2 rings (SSSR count). The van der Waals surface area contributed by atoms with Gasteiger partial charge in [-0.05, 0) is 39.2 Å². The second-order valence-corrected chi connectivity index (χ2v) is 5.34. The number of hydrogen-bond acceptors (Lipinski definition) is 2. The topological polar surface area (TPSA) is 44.4 Å². The summed E-state index contributed by atoms with van der Waals surface area (Å²) in [5.74, 6) is 0. The summed E-state index contributed by atoms with van der Waals surface area (Å²) in [6.45, 7) is 5.10. The van der Waals surface area contributed by atoms with Gasteiger partial charge in [0.1, 0.15) is 0 Å². The van der Waals surface area contributed by atoms with Crippen LogP contribution in [0.3, 0.4) is 0 Å². The Labute approximate surface area is 104 Å². The SMILES string of the molecule is CC1NCCCC1NC(=O)N1CCCCCC1. The number of nitrogens with zero attached hydrogens (tertiary/aromatic N) is 1. The Morgan fingerprint density at radius 1 is 1.18 bits per heavy atom. The first-order chi connectivity index (χ1) is 8.27. The molecule has 17 heavy (non-hydrogen) atoms. The Kier molecular flexibility index (Phi) is 4.66. The van der Waals surface area contributed by atoms with Gasteiger partial charge in [-0.15, -0.1) is 0 Å². The molecule has 2 unspecified atom stereocenters. The zero-order chi connectivity index (χ0) is 12.1. The largest absolute Gasteiger partial charge is 0.334 e. The van der Waals surface area contributed by atoms with Crippen LogP contribution in [0.25, 0.3) is 0 Å². The molecule has 0 aromatic heterocycles. The lowest BCUT2D eigenvalue weighted by molar-refractivity contribution is 0.188. The molecule has 0 aliphatic carbocycles. The Balaban J connectivity index is 1.82. The van der Waals surface area contributed by atoms with Crippen LogP contribution < -0.4 is 10.6 Å². The van der Waals surface area contributed by atoms with Crippen molar-refractivity contribution in [2.45, 2.75) is 57.5 Å². The molecular weight excluding hydrogens is 214 g/mol. The molecule has 2 saturated heterocycles. The first-order valence-corrected chi connectivity index (χ1v) is 7.06. The monoisotopic (exact) mass is 239 g/mol. The van der Waals surface area contributed by atoms with Gasteiger partial charge in [0, 0.05) is 25.2 Å². The van der Waals surface area contributed by atoms with Crippen molar-refractivity contribution in [2.75, 3.05) is 19.6 Å². The number of carbonyl (C=O) groups excluding carboxylic acids is 1. The van der Waals surface area contributed by atoms with Crippen LogP contribution in [0.2, 0.25) is 0 Å². The number of likely N-dealkylation sites (tertiary alicyclic amines) is 1. The third-order valence-electron chi connectivity index (χ3n) is 3.96. The first kappa shape index (κ1) is 12.7. The van der Waals surface area contributed by atoms with E-state index in [9.17, 15) is 4.79 Å². The number of nitrogens with one attached hydrogen (secondary N) is 2. The highest BCUT2D eigenvalue weighted by atomic mass is 16.2. The predicted octanol–water partition coefficient (Wildman–Crippen LogP) is 1.71. The normalized spacial score (nSPS) is 30.8. The number of piperidine rings is 1. The molecule has 4 heteroatoms. The van der Waals surface area contributed by atoms with Crippen LogP contribution in [0.5, 0.6) is 0 Å². The molecule has 2 atom stereocenters. The van der Waals surface area contributed by atoms with E-state index in [2.05, 4.69) is 17.6 Å². The fraction of sp³-hybridized carbons (Fsp3) is 0.923. The van der Waals surface area contributed by atoms with E-state index in [1.165, 1.54) is 12.8 Å². The maximum atomic E-state index is 12.2. The third kappa shape index (κ3) is 3.60. The van der Waals surface area contributed by atoms with Gasteiger partial charge in [-0.3, -0.25) is 0 Å². The molecular formula is C13H25N3O. The first-order valence-electron chi connectivity index (χ1n) is 7.06. The van der Waals surface area contributed by atoms with Gasteiger partial charge in [-0.25, -0.2) is 4.79 Å². The van der Waals surface area contributed by atoms with Crippen molar-refractivity contribution in [3.8, 4) is 0 Å². The molecule has 0 spiro atoms. The molecule has 0 aromatic rings. The van der Waals surface area contributed by atoms with E-state index in [1.807, 2.05) is 4.90 Å². The van der Waals surface area contributed by atoms with Crippen molar-refractivity contribution in [3.05, 3.63) is 0 Å². The molecule has 98 valence electrons. The number of carbonyl (C=O) groups is 1. The third-order valence-corrected chi connectivity index (χ3v) is 3.96. The average molecular weight is 239 g/mol. The number of amides is 2. The second kappa shape index (κ2) is 6.24. The van der Waals surface area contributed by atoms with Gasteiger partial charge < -0.3 is 15.5 Å². The van der Waals surface area contributed by atoms with Crippen LogP contribution >= 0.6 is 0 Å². The predicted molar refractivity (Wildman–Crippen MR) is 69.1 cm³/mol. The van der Waals surface area contributed by atoms with Crippen LogP contribution in [0, 0.1) is 0 Å². The fourth-order valence-corrected chi connectivity index (χ4v) is 2.76. The van der Waals surface area contributed by atoms with Crippen LogP contribution in [0.4, 0.5) is 4.79 Å². The van der Waals surface area contributed by atoms with Crippen molar-refractivity contribution in [1.29, 1.82) is 0 Å². The van der Waals surface area contributed by atoms with E-state index in [4.69, 9.17) is 0 Å². The maximum absolute atomic E-state index is 12.2. The molecule has 2 N–H and O–H groups in total. The Morgan fingerprint density at radius 2 is 1.88 bits per heavy atom. The summed E-state index contributed by atoms with van der Waals surface area (Å²) in [7, 11) is 0. The summed E-state index contributed by atoms with van der Waals surface area (Å²) in [5.41, 5.74) is 0. The van der Waals surface area contributed by atoms with Crippen LogP contribution in [-0.2, 0) is 0 Å². The molecule has 2 amide bonds. The van der Waals surface area contributed by atoms with Crippen molar-refractivity contribution in [1.82, 2.24) is 15.5 Å². The molecule has 0 aromatic carbocycles. The van der Waals surface area contributed by atoms with Crippen LogP contribution in [0.1, 0.15) is 45.4 Å². The minimum absolute atomic E-state index is 0.146. The highest BCUT2D eigenvalue weighted by molar-refractivity contribution is 5.74. The Morgan fingerprint density at radius 3 is 2.53 bits per heavy atom. The average Bonchev–Trinajstić information content (AvgIpc) is 2.61. The minimum atomic E-state index is 0.146. The van der Waals surface area contributed by atoms with Crippen molar-refractivity contribution >= 4 is 6.03 Å². The van der Waals surface area contributed by atoms with Gasteiger partial charge in [0.25, 0.3) is 0 Å². The highest BCUT2D eigenvalue weighted by Gasteiger charge is 2.24. The summed E-state index contributed by atoms with van der Waals surface area (Å²) in [6, 6.07) is 0.853. The van der Waals surface area contributed by atoms with Crippen LogP contribution in [-0.4, -0.2) is 42.6 Å². The summed E-state index contributed by atoms with van der Waals surface area (Å²) in [4.78, 5) is 14.1. The van der Waals surface area contributed by atoms with E-state index < -0.39 is 0 Å². The van der Waals surface area contributed by atoms with Crippen molar-refractivity contribution in [2.24, 2.45) is 0 Å². The molecule has 0 saturated carbocycles. The van der Waals surface area contributed by atoms with Gasteiger partial charge >= 0.3 is 6.03 Å².